The van der Waals surface area contributed by atoms with Crippen LogP contribution in [0.15, 0.2) is 52.1 Å². The van der Waals surface area contributed by atoms with Crippen LogP contribution in [0.3, 0.4) is 0 Å². The summed E-state index contributed by atoms with van der Waals surface area (Å²) in [5.41, 5.74) is 3.34. The molecule has 0 saturated heterocycles. The number of unbranched alkanes of at least 4 members (excludes halogenated alkanes) is 1. The van der Waals surface area contributed by atoms with Crippen LogP contribution in [0.5, 0.6) is 17.2 Å². The maximum atomic E-state index is 13.9. The first kappa shape index (κ1) is 29.8. The minimum absolute atomic E-state index is 0.129. The molecule has 10 nitrogen and oxygen atoms in total. The molecular formula is C32H35N5O5S. The lowest BCUT2D eigenvalue weighted by Gasteiger charge is -2.15. The zero-order valence-corrected chi connectivity index (χ0v) is 25.6. The summed E-state index contributed by atoms with van der Waals surface area (Å²) in [5.74, 6) is 2.46. The number of benzene rings is 2. The molecule has 0 radical (unpaired) electrons. The summed E-state index contributed by atoms with van der Waals surface area (Å²) in [6.45, 7) is 6.80. The van der Waals surface area contributed by atoms with Crippen molar-refractivity contribution in [2.45, 2.75) is 39.2 Å². The number of nitrogens with zero attached hydrogens (tertiary/aromatic N) is 4. The molecule has 5 rings (SSSR count). The van der Waals surface area contributed by atoms with Crippen LogP contribution in [0.4, 0.5) is 0 Å². The maximum absolute atomic E-state index is 13.9. The van der Waals surface area contributed by atoms with Gasteiger partial charge in [-0.2, -0.15) is 5.10 Å². The largest absolute Gasteiger partial charge is 0.494 e. The van der Waals surface area contributed by atoms with E-state index >= 15 is 0 Å². The summed E-state index contributed by atoms with van der Waals surface area (Å²) < 4.78 is 21.5. The number of hydrogen-bond donors (Lipinski definition) is 1. The summed E-state index contributed by atoms with van der Waals surface area (Å²) in [5, 5.41) is 4.61. The molecule has 5 aromatic rings. The Bertz CT molecular complexity index is 1970. The van der Waals surface area contributed by atoms with Gasteiger partial charge in [-0.3, -0.25) is 18.8 Å². The lowest BCUT2D eigenvalue weighted by Crippen LogP contribution is -2.25. The average Bonchev–Trinajstić information content (AvgIpc) is 3.50. The van der Waals surface area contributed by atoms with Crippen LogP contribution < -0.4 is 34.5 Å². The number of aromatic nitrogens is 5. The lowest BCUT2D eigenvalue weighted by atomic mass is 10.1. The zero-order valence-electron chi connectivity index (χ0n) is 24.8. The molecule has 43 heavy (non-hydrogen) atoms. The van der Waals surface area contributed by atoms with Crippen LogP contribution in [-0.2, 0) is 20.0 Å². The minimum atomic E-state index is -0.136. The Morgan fingerprint density at radius 1 is 1.05 bits per heavy atom. The predicted molar refractivity (Wildman–Crippen MR) is 170 cm³/mol. The third-order valence-corrected chi connectivity index (χ3v) is 7.95. The van der Waals surface area contributed by atoms with Crippen molar-refractivity contribution in [3.63, 3.8) is 0 Å². The second kappa shape index (κ2) is 13.1. The highest BCUT2D eigenvalue weighted by Crippen LogP contribution is 2.32. The fourth-order valence-electron chi connectivity index (χ4n) is 4.99. The number of nitrogens with one attached hydrogen (secondary N) is 1. The van der Waals surface area contributed by atoms with Crippen molar-refractivity contribution in [2.24, 2.45) is 7.05 Å². The number of aryl methyl sites for hydroxylation is 2. The molecule has 3 aromatic heterocycles. The van der Waals surface area contributed by atoms with Crippen LogP contribution in [0.2, 0.25) is 0 Å². The molecule has 2 aromatic carbocycles. The average molecular weight is 602 g/mol. The topological polar surface area (TPSA) is 113 Å². The van der Waals surface area contributed by atoms with Gasteiger partial charge in [-0.1, -0.05) is 32.1 Å². The molecule has 3 heterocycles. The Balaban J connectivity index is 1.34. The van der Waals surface area contributed by atoms with Crippen molar-refractivity contribution in [1.29, 1.82) is 0 Å². The molecule has 0 aliphatic carbocycles. The van der Waals surface area contributed by atoms with E-state index in [1.165, 1.54) is 11.3 Å². The molecule has 0 unspecified atom stereocenters. The molecule has 0 atom stereocenters. The molecule has 1 N–H and O–H groups in total. The standard InChI is InChI=1S/C32H35N5O5S/c1-6-9-24-28-29(36(3)35-24)32(39)37(30(34-28)22-12-15-25(40-4)26(19-22)41-5)16-7-8-17-42-23-13-10-21(11-14-23)18-27-31(38)33-20(2)43-27/h10-15,18-19H,2,6-9,16-17H2,1,3-5H3,(H,33,38)/b27-18+. The number of methoxy groups -OCH3 is 2. The van der Waals surface area contributed by atoms with Gasteiger partial charge in [-0.05, 0) is 61.2 Å². The number of ether oxygens (including phenoxy) is 3. The molecular weight excluding hydrogens is 566 g/mol. The van der Waals surface area contributed by atoms with Crippen molar-refractivity contribution >= 4 is 35.0 Å². The maximum Gasteiger partial charge on any atom is 0.279 e. The van der Waals surface area contributed by atoms with E-state index in [-0.39, 0.29) is 11.1 Å². The first-order valence-electron chi connectivity index (χ1n) is 14.1. The number of thiazole rings is 1. The summed E-state index contributed by atoms with van der Waals surface area (Å²) in [7, 11) is 4.96. The molecule has 0 aliphatic rings. The Morgan fingerprint density at radius 2 is 1.81 bits per heavy atom. The third-order valence-electron chi connectivity index (χ3n) is 7.07. The molecule has 0 fully saturated rings. The summed E-state index contributed by atoms with van der Waals surface area (Å²) in [4.78, 5) is 33.5. The predicted octanol–water partition coefficient (Wildman–Crippen LogP) is 3.61. The van der Waals surface area contributed by atoms with Crippen LogP contribution in [-0.4, -0.2) is 45.1 Å². The van der Waals surface area contributed by atoms with Crippen molar-refractivity contribution < 1.29 is 14.2 Å². The second-order valence-electron chi connectivity index (χ2n) is 10.1. The van der Waals surface area contributed by atoms with Crippen LogP contribution >= 0.6 is 11.3 Å². The molecule has 0 saturated carbocycles. The molecule has 0 amide bonds. The minimum Gasteiger partial charge on any atom is -0.494 e. The fraction of sp³-hybridized carbons (Fsp3) is 0.312. The van der Waals surface area contributed by atoms with E-state index in [4.69, 9.17) is 19.2 Å². The van der Waals surface area contributed by atoms with Crippen molar-refractivity contribution in [1.82, 2.24) is 24.3 Å². The summed E-state index contributed by atoms with van der Waals surface area (Å²) >= 11 is 1.33. The number of rotatable bonds is 12. The molecule has 0 spiro atoms. The van der Waals surface area contributed by atoms with Gasteiger partial charge in [0, 0.05) is 19.2 Å². The Hall–Kier alpha value is -4.64. The SMILES string of the molecule is C=c1[nH]c(=O)/c(=C\c2ccc(OCCCCn3c(-c4ccc(OC)c(OC)c4)nc4c(CCC)nn(C)c4c3=O)cc2)s1. The van der Waals surface area contributed by atoms with Crippen LogP contribution in [0.1, 0.15) is 37.4 Å². The highest BCUT2D eigenvalue weighted by molar-refractivity contribution is 7.07. The van der Waals surface area contributed by atoms with E-state index < -0.39 is 0 Å². The third kappa shape index (κ3) is 6.41. The molecule has 224 valence electrons. The van der Waals surface area contributed by atoms with Crippen LogP contribution in [0.25, 0.3) is 35.1 Å². The van der Waals surface area contributed by atoms with E-state index in [1.54, 1.807) is 30.5 Å². The Kier molecular flexibility index (Phi) is 9.10. The van der Waals surface area contributed by atoms with Crippen molar-refractivity contribution in [3.05, 3.63) is 83.6 Å². The zero-order chi connectivity index (χ0) is 30.5. The van der Waals surface area contributed by atoms with Gasteiger partial charge in [0.1, 0.15) is 17.1 Å². The first-order chi connectivity index (χ1) is 20.8. The van der Waals surface area contributed by atoms with E-state index in [0.717, 1.165) is 41.8 Å². The first-order valence-corrected chi connectivity index (χ1v) is 15.0. The van der Waals surface area contributed by atoms with Gasteiger partial charge in [-0.25, -0.2) is 4.98 Å². The van der Waals surface area contributed by atoms with Crippen molar-refractivity contribution in [3.8, 4) is 28.6 Å². The van der Waals surface area contributed by atoms with Gasteiger partial charge in [0.2, 0.25) is 0 Å². The van der Waals surface area contributed by atoms with Gasteiger partial charge >= 0.3 is 0 Å². The number of hydrogen-bond acceptors (Lipinski definition) is 8. The van der Waals surface area contributed by atoms with Gasteiger partial charge < -0.3 is 19.2 Å². The normalized spacial score (nSPS) is 11.8. The Labute approximate surface area is 252 Å². The lowest BCUT2D eigenvalue weighted by molar-refractivity contribution is 0.303. The quantitative estimate of drug-likeness (QED) is 0.217. The summed E-state index contributed by atoms with van der Waals surface area (Å²) in [6.07, 6.45) is 4.89. The Morgan fingerprint density at radius 3 is 2.49 bits per heavy atom. The highest BCUT2D eigenvalue weighted by Gasteiger charge is 2.20. The smallest absolute Gasteiger partial charge is 0.279 e. The van der Waals surface area contributed by atoms with E-state index in [1.807, 2.05) is 48.5 Å². The molecule has 0 bridgehead atoms. The molecule has 0 aliphatic heterocycles. The number of fused-ring (bicyclic) bond motifs is 1. The number of H-pyrrole nitrogens is 1. The van der Waals surface area contributed by atoms with Gasteiger partial charge in [0.25, 0.3) is 11.1 Å². The van der Waals surface area contributed by atoms with E-state index in [0.29, 0.717) is 57.1 Å². The summed E-state index contributed by atoms with van der Waals surface area (Å²) in [6, 6.07) is 13.1. The number of aromatic amines is 1. The monoisotopic (exact) mass is 601 g/mol. The fourth-order valence-corrected chi connectivity index (χ4v) is 5.73. The van der Waals surface area contributed by atoms with Gasteiger partial charge in [0.05, 0.1) is 35.7 Å². The van der Waals surface area contributed by atoms with Crippen LogP contribution in [0, 0.1) is 0 Å². The highest BCUT2D eigenvalue weighted by atomic mass is 32.1. The second-order valence-corrected chi connectivity index (χ2v) is 11.2. The van der Waals surface area contributed by atoms with Crippen molar-refractivity contribution in [2.75, 3.05) is 20.8 Å². The molecule has 11 heteroatoms. The van der Waals surface area contributed by atoms with Gasteiger partial charge in [0.15, 0.2) is 17.0 Å². The van der Waals surface area contributed by atoms with Gasteiger partial charge in [-0.15, -0.1) is 11.3 Å². The van der Waals surface area contributed by atoms with E-state index in [9.17, 15) is 9.59 Å². The van der Waals surface area contributed by atoms with E-state index in [2.05, 4.69) is 23.6 Å².